The maximum absolute atomic E-state index is 5.43. The molecule has 0 aromatic heterocycles. The standard InChI is InChI=1S/C16H21NO2/c1-18-14-9-12-7-8-17-16(11-5-3-4-6-11)13(12)10-15(14)19-2/h9-11H,3-8H2,1-2H3. The van der Waals surface area contributed by atoms with Crippen molar-refractivity contribution in [2.75, 3.05) is 20.8 Å². The van der Waals surface area contributed by atoms with Crippen molar-refractivity contribution in [3.05, 3.63) is 23.3 Å². The lowest BCUT2D eigenvalue weighted by molar-refractivity contribution is 0.354. The van der Waals surface area contributed by atoms with E-state index in [9.17, 15) is 0 Å². The van der Waals surface area contributed by atoms with Crippen LogP contribution < -0.4 is 9.47 Å². The van der Waals surface area contributed by atoms with Crippen LogP contribution in [-0.2, 0) is 6.42 Å². The number of benzene rings is 1. The molecule has 1 heterocycles. The molecule has 0 radical (unpaired) electrons. The van der Waals surface area contributed by atoms with Gasteiger partial charge in [-0.1, -0.05) is 12.8 Å². The predicted molar refractivity (Wildman–Crippen MR) is 76.6 cm³/mol. The highest BCUT2D eigenvalue weighted by Gasteiger charge is 2.26. The molecule has 0 saturated heterocycles. The number of ether oxygens (including phenoxy) is 2. The monoisotopic (exact) mass is 259 g/mol. The first-order chi connectivity index (χ1) is 9.33. The zero-order valence-electron chi connectivity index (χ0n) is 11.7. The number of methoxy groups -OCH3 is 2. The highest BCUT2D eigenvalue weighted by Crippen LogP contribution is 2.36. The quantitative estimate of drug-likeness (QED) is 0.834. The van der Waals surface area contributed by atoms with Crippen molar-refractivity contribution < 1.29 is 9.47 Å². The summed E-state index contributed by atoms with van der Waals surface area (Å²) in [6, 6.07) is 4.24. The third-order valence-electron chi connectivity index (χ3n) is 4.29. The molecule has 1 aromatic rings. The predicted octanol–water partition coefficient (Wildman–Crippen LogP) is 3.24. The number of fused-ring (bicyclic) bond motifs is 1. The Hall–Kier alpha value is -1.51. The second kappa shape index (κ2) is 5.24. The third-order valence-corrected chi connectivity index (χ3v) is 4.29. The Morgan fingerprint density at radius 3 is 2.42 bits per heavy atom. The van der Waals surface area contributed by atoms with Gasteiger partial charge in [0, 0.05) is 23.7 Å². The zero-order valence-corrected chi connectivity index (χ0v) is 11.7. The molecule has 1 aliphatic heterocycles. The van der Waals surface area contributed by atoms with Gasteiger partial charge < -0.3 is 9.47 Å². The molecule has 1 aliphatic carbocycles. The van der Waals surface area contributed by atoms with Gasteiger partial charge in [-0.15, -0.1) is 0 Å². The van der Waals surface area contributed by atoms with Crippen molar-refractivity contribution in [2.24, 2.45) is 10.9 Å². The summed E-state index contributed by atoms with van der Waals surface area (Å²) in [6.45, 7) is 0.911. The molecular formula is C16H21NO2. The van der Waals surface area contributed by atoms with E-state index in [0.29, 0.717) is 5.92 Å². The molecule has 0 amide bonds. The number of nitrogens with zero attached hydrogens (tertiary/aromatic N) is 1. The van der Waals surface area contributed by atoms with Crippen LogP contribution in [0.2, 0.25) is 0 Å². The maximum atomic E-state index is 5.43. The fourth-order valence-electron chi connectivity index (χ4n) is 3.30. The molecule has 0 bridgehead atoms. The Balaban J connectivity index is 2.02. The molecule has 0 spiro atoms. The topological polar surface area (TPSA) is 30.8 Å². The Labute approximate surface area is 114 Å². The summed E-state index contributed by atoms with van der Waals surface area (Å²) in [6.07, 6.45) is 6.25. The summed E-state index contributed by atoms with van der Waals surface area (Å²) in [7, 11) is 3.39. The van der Waals surface area contributed by atoms with Gasteiger partial charge in [0.25, 0.3) is 0 Å². The highest BCUT2D eigenvalue weighted by molar-refractivity contribution is 6.04. The number of hydrogen-bond acceptors (Lipinski definition) is 3. The van der Waals surface area contributed by atoms with E-state index >= 15 is 0 Å². The average Bonchev–Trinajstić information content (AvgIpc) is 2.99. The molecule has 1 fully saturated rings. The fraction of sp³-hybridized carbons (Fsp3) is 0.562. The van der Waals surface area contributed by atoms with E-state index in [-0.39, 0.29) is 0 Å². The molecule has 3 heteroatoms. The van der Waals surface area contributed by atoms with Crippen molar-refractivity contribution in [2.45, 2.75) is 32.1 Å². The van der Waals surface area contributed by atoms with Crippen LogP contribution in [0, 0.1) is 5.92 Å². The molecular weight excluding hydrogens is 238 g/mol. The Morgan fingerprint density at radius 2 is 1.74 bits per heavy atom. The lowest BCUT2D eigenvalue weighted by atomic mass is 9.88. The van der Waals surface area contributed by atoms with Gasteiger partial charge in [-0.05, 0) is 37.0 Å². The molecule has 0 atom stereocenters. The van der Waals surface area contributed by atoms with Crippen LogP contribution in [-0.4, -0.2) is 26.5 Å². The zero-order chi connectivity index (χ0) is 13.2. The van der Waals surface area contributed by atoms with Crippen LogP contribution in [0.25, 0.3) is 0 Å². The van der Waals surface area contributed by atoms with E-state index in [1.165, 1.54) is 42.5 Å². The molecule has 3 nitrogen and oxygen atoms in total. The van der Waals surface area contributed by atoms with Crippen LogP contribution in [0.3, 0.4) is 0 Å². The summed E-state index contributed by atoms with van der Waals surface area (Å²) < 4.78 is 10.8. The minimum Gasteiger partial charge on any atom is -0.493 e. The average molecular weight is 259 g/mol. The molecule has 2 aliphatic rings. The number of hydrogen-bond donors (Lipinski definition) is 0. The van der Waals surface area contributed by atoms with E-state index in [1.807, 2.05) is 0 Å². The second-order valence-corrected chi connectivity index (χ2v) is 5.36. The van der Waals surface area contributed by atoms with Gasteiger partial charge in [0.2, 0.25) is 0 Å². The van der Waals surface area contributed by atoms with Crippen LogP contribution in [0.15, 0.2) is 17.1 Å². The van der Waals surface area contributed by atoms with Gasteiger partial charge in [-0.3, -0.25) is 4.99 Å². The minimum absolute atomic E-state index is 0.650. The Bertz CT molecular complexity index is 502. The molecule has 102 valence electrons. The van der Waals surface area contributed by atoms with Crippen molar-refractivity contribution in [1.82, 2.24) is 0 Å². The SMILES string of the molecule is COc1cc2c(cc1OC)C(C1CCCC1)=NCC2. The van der Waals surface area contributed by atoms with Gasteiger partial charge in [-0.25, -0.2) is 0 Å². The normalized spacial score (nSPS) is 18.9. The number of aliphatic imine (C=N–C) groups is 1. The molecule has 1 aromatic carbocycles. The summed E-state index contributed by atoms with van der Waals surface area (Å²) in [5.41, 5.74) is 3.95. The van der Waals surface area contributed by atoms with Crippen molar-refractivity contribution in [3.8, 4) is 11.5 Å². The van der Waals surface area contributed by atoms with Gasteiger partial charge in [-0.2, -0.15) is 0 Å². The first kappa shape index (κ1) is 12.5. The Morgan fingerprint density at radius 1 is 1.05 bits per heavy atom. The van der Waals surface area contributed by atoms with Gasteiger partial charge in [0.1, 0.15) is 0 Å². The van der Waals surface area contributed by atoms with Crippen LogP contribution in [0.1, 0.15) is 36.8 Å². The van der Waals surface area contributed by atoms with Crippen molar-refractivity contribution in [3.63, 3.8) is 0 Å². The number of rotatable bonds is 3. The largest absolute Gasteiger partial charge is 0.493 e. The minimum atomic E-state index is 0.650. The summed E-state index contributed by atoms with van der Waals surface area (Å²) in [5, 5.41) is 0. The summed E-state index contributed by atoms with van der Waals surface area (Å²) in [4.78, 5) is 4.80. The van der Waals surface area contributed by atoms with Crippen LogP contribution >= 0.6 is 0 Å². The van der Waals surface area contributed by atoms with E-state index in [4.69, 9.17) is 14.5 Å². The van der Waals surface area contributed by atoms with E-state index in [1.54, 1.807) is 14.2 Å². The van der Waals surface area contributed by atoms with Gasteiger partial charge in [0.15, 0.2) is 11.5 Å². The van der Waals surface area contributed by atoms with E-state index in [0.717, 1.165) is 24.5 Å². The van der Waals surface area contributed by atoms with Gasteiger partial charge >= 0.3 is 0 Å². The summed E-state index contributed by atoms with van der Waals surface area (Å²) >= 11 is 0. The first-order valence-electron chi connectivity index (χ1n) is 7.13. The molecule has 3 rings (SSSR count). The lowest BCUT2D eigenvalue weighted by Crippen LogP contribution is -2.20. The maximum Gasteiger partial charge on any atom is 0.161 e. The lowest BCUT2D eigenvalue weighted by Gasteiger charge is -2.23. The Kier molecular flexibility index (Phi) is 3.45. The van der Waals surface area contributed by atoms with E-state index < -0.39 is 0 Å². The highest BCUT2D eigenvalue weighted by atomic mass is 16.5. The summed E-state index contributed by atoms with van der Waals surface area (Å²) in [5.74, 6) is 2.29. The molecule has 1 saturated carbocycles. The second-order valence-electron chi connectivity index (χ2n) is 5.36. The van der Waals surface area contributed by atoms with Crippen LogP contribution in [0.4, 0.5) is 0 Å². The molecule has 0 N–H and O–H groups in total. The van der Waals surface area contributed by atoms with Crippen LogP contribution in [0.5, 0.6) is 11.5 Å². The third kappa shape index (κ3) is 2.22. The van der Waals surface area contributed by atoms with E-state index in [2.05, 4.69) is 12.1 Å². The first-order valence-corrected chi connectivity index (χ1v) is 7.13. The van der Waals surface area contributed by atoms with Crippen molar-refractivity contribution in [1.29, 1.82) is 0 Å². The van der Waals surface area contributed by atoms with Crippen molar-refractivity contribution >= 4 is 5.71 Å². The molecule has 19 heavy (non-hydrogen) atoms. The van der Waals surface area contributed by atoms with Gasteiger partial charge in [0.05, 0.1) is 14.2 Å². The fourth-order valence-corrected chi connectivity index (χ4v) is 3.30. The smallest absolute Gasteiger partial charge is 0.161 e. The molecule has 0 unspecified atom stereocenters.